The Morgan fingerprint density at radius 2 is 2.00 bits per heavy atom. The fraction of sp³-hybridized carbons (Fsp3) is 0. The molecule has 0 rings (SSSR count). The van der Waals surface area contributed by atoms with Crippen molar-refractivity contribution in [2.75, 3.05) is 0 Å². The van der Waals surface area contributed by atoms with Gasteiger partial charge in [0.15, 0.2) is 0 Å². The Labute approximate surface area is 30.4 Å². The van der Waals surface area contributed by atoms with E-state index in [1.807, 2.05) is 0 Å². The Bertz CT molecular complexity index is 53.4. The third kappa shape index (κ3) is 1.65. The summed E-state index contributed by atoms with van der Waals surface area (Å²) < 4.78 is 0. The molecule has 0 aliphatic heterocycles. The van der Waals surface area contributed by atoms with E-state index >= 15 is 0 Å². The maximum Gasteiger partial charge on any atom is 0.232 e. The molecule has 0 N–H and O–H groups in total. The summed E-state index contributed by atoms with van der Waals surface area (Å²) in [5.74, 6) is 0. The molecule has 0 fully saturated rings. The molecule has 0 aliphatic carbocycles. The van der Waals surface area contributed by atoms with Crippen molar-refractivity contribution in [3.63, 3.8) is 0 Å². The second-order valence-electron chi connectivity index (χ2n) is 0.289. The molecule has 0 radical (unpaired) electrons. The van der Waals surface area contributed by atoms with Gasteiger partial charge < -0.3 is 0 Å². The van der Waals surface area contributed by atoms with Crippen molar-refractivity contribution in [3.05, 3.63) is 12.3 Å². The first kappa shape index (κ1) is 3.65. The first-order chi connectivity index (χ1) is 1.91. The van der Waals surface area contributed by atoms with Crippen molar-refractivity contribution >= 4 is 17.2 Å². The van der Waals surface area contributed by atoms with Crippen LogP contribution in [-0.2, 0) is 12.2 Å². The molecular formula is C3H3S+. The molecule has 20 valence electrons. The molecule has 0 saturated carbocycles. The lowest BCUT2D eigenvalue weighted by Gasteiger charge is -1.06. The van der Waals surface area contributed by atoms with Gasteiger partial charge in [0.1, 0.15) is 0 Å². The van der Waals surface area contributed by atoms with E-state index in [0.717, 1.165) is 0 Å². The summed E-state index contributed by atoms with van der Waals surface area (Å²) in [7, 11) is 0. The summed E-state index contributed by atoms with van der Waals surface area (Å²) in [6.07, 6.45) is 0. The minimum absolute atomic E-state index is 2.26. The molecule has 0 aliphatic rings. The molecule has 1 heteroatoms. The molecule has 0 heterocycles. The molecule has 0 nitrogen and oxygen atoms in total. The molecule has 0 aromatic carbocycles. The lowest BCUT2D eigenvalue weighted by Crippen LogP contribution is -1.20. The van der Waals surface area contributed by atoms with Crippen molar-refractivity contribution in [1.82, 2.24) is 0 Å². The lowest BCUT2D eigenvalue weighted by molar-refractivity contribution is 2.68. The van der Waals surface area contributed by atoms with Gasteiger partial charge in [0.2, 0.25) is 17.2 Å². The van der Waals surface area contributed by atoms with Crippen LogP contribution in [-0.4, -0.2) is 5.02 Å². The van der Waals surface area contributed by atoms with Gasteiger partial charge in [-0.05, 0) is 12.3 Å². The lowest BCUT2D eigenvalue weighted by atomic mass is 11.0. The fourth-order valence-electron chi connectivity index (χ4n) is 0. The van der Waals surface area contributed by atoms with E-state index in [-0.39, 0.29) is 0 Å². The van der Waals surface area contributed by atoms with Gasteiger partial charge in [-0.15, -0.1) is 0 Å². The molecule has 0 atom stereocenters. The third-order valence-electron chi connectivity index (χ3n) is 0.0791. The van der Waals surface area contributed by atoms with E-state index < -0.39 is 0 Å². The molecule has 0 saturated heterocycles. The van der Waals surface area contributed by atoms with Crippen LogP contribution in [0, 0.1) is 0 Å². The van der Waals surface area contributed by atoms with Crippen LogP contribution >= 0.6 is 0 Å². The van der Waals surface area contributed by atoms with Crippen LogP contribution in [0.25, 0.3) is 0 Å². The SMILES string of the molecule is C=C=C=[SH+]. The Morgan fingerprint density at radius 1 is 1.75 bits per heavy atom. The van der Waals surface area contributed by atoms with Crippen molar-refractivity contribution in [2.45, 2.75) is 0 Å². The number of rotatable bonds is 0. The van der Waals surface area contributed by atoms with Crippen molar-refractivity contribution in [1.29, 1.82) is 0 Å². The maximum atomic E-state index is 3.50. The highest BCUT2D eigenvalue weighted by Gasteiger charge is 1.27. The molecular weight excluding hydrogens is 68.1 g/mol. The quantitative estimate of drug-likeness (QED) is 0.163. The zero-order valence-electron chi connectivity index (χ0n) is 2.15. The van der Waals surface area contributed by atoms with Gasteiger partial charge in [-0.25, -0.2) is 0 Å². The van der Waals surface area contributed by atoms with Gasteiger partial charge in [-0.3, -0.25) is 0 Å². The van der Waals surface area contributed by atoms with Crippen molar-refractivity contribution in [2.24, 2.45) is 0 Å². The Hall–Kier alpha value is -0.350. The molecule has 0 aromatic rings. The number of thiol groups is 1. The Kier molecular flexibility index (Phi) is 2.42. The molecule has 0 aromatic heterocycles. The van der Waals surface area contributed by atoms with Crippen LogP contribution in [0.4, 0.5) is 0 Å². The first-order valence-electron chi connectivity index (χ1n) is 0.827. The highest BCUT2D eigenvalue weighted by molar-refractivity contribution is 7.57. The molecule has 4 heavy (non-hydrogen) atoms. The average molecular weight is 71.1 g/mol. The minimum atomic E-state index is 2.26. The van der Waals surface area contributed by atoms with E-state index in [4.69, 9.17) is 0 Å². The standard InChI is InChI=1S/C3H2S/c1-2-3-4/h1H2/p+1. The Morgan fingerprint density at radius 3 is 2.00 bits per heavy atom. The van der Waals surface area contributed by atoms with Crippen LogP contribution in [0.5, 0.6) is 0 Å². The highest BCUT2D eigenvalue weighted by Crippen LogP contribution is 1.16. The van der Waals surface area contributed by atoms with Crippen LogP contribution in [0.15, 0.2) is 12.3 Å². The second kappa shape index (κ2) is 2.65. The molecule has 0 amide bonds. The largest absolute Gasteiger partial charge is 0.232 e. The smallest absolute Gasteiger partial charge is 0.0432 e. The third-order valence-corrected chi connectivity index (χ3v) is 0.237. The highest BCUT2D eigenvalue weighted by atomic mass is 32.1. The van der Waals surface area contributed by atoms with Crippen molar-refractivity contribution in [3.8, 4) is 0 Å². The van der Waals surface area contributed by atoms with Crippen LogP contribution in [0.3, 0.4) is 0 Å². The van der Waals surface area contributed by atoms with Gasteiger partial charge in [0.05, 0.1) is 0 Å². The van der Waals surface area contributed by atoms with Crippen molar-refractivity contribution < 1.29 is 0 Å². The summed E-state index contributed by atoms with van der Waals surface area (Å²) in [5, 5.41) is 2.26. The van der Waals surface area contributed by atoms with Gasteiger partial charge in [0, 0.05) is 0 Å². The van der Waals surface area contributed by atoms with Crippen LogP contribution in [0.2, 0.25) is 0 Å². The van der Waals surface area contributed by atoms with E-state index in [1.54, 1.807) is 0 Å². The monoisotopic (exact) mass is 71.0 g/mol. The first-order valence-corrected chi connectivity index (χ1v) is 1.27. The van der Waals surface area contributed by atoms with Gasteiger partial charge in [-0.2, -0.15) is 0 Å². The van der Waals surface area contributed by atoms with Crippen LogP contribution < -0.4 is 0 Å². The van der Waals surface area contributed by atoms with E-state index in [1.165, 1.54) is 0 Å². The zero-order valence-corrected chi connectivity index (χ0v) is 3.05. The predicted molar refractivity (Wildman–Crippen MR) is 22.9 cm³/mol. The minimum Gasteiger partial charge on any atom is -0.0432 e. The summed E-state index contributed by atoms with van der Waals surface area (Å²) in [6, 6.07) is 0. The predicted octanol–water partition coefficient (Wildman–Crippen LogP) is 0.00780. The topological polar surface area (TPSA) is 0 Å². The zero-order chi connectivity index (χ0) is 3.41. The molecule has 0 unspecified atom stereocenters. The Balaban J connectivity index is 3.95. The summed E-state index contributed by atoms with van der Waals surface area (Å²) in [6.45, 7) is 3.17. The average Bonchev–Trinajstić information content (AvgIpc) is 1.37. The van der Waals surface area contributed by atoms with Gasteiger partial charge in [-0.1, -0.05) is 0 Å². The maximum absolute atomic E-state index is 3.50. The fourth-order valence-corrected chi connectivity index (χ4v) is 0. The second-order valence-corrected chi connectivity index (χ2v) is 0.512. The van der Waals surface area contributed by atoms with Gasteiger partial charge >= 0.3 is 0 Å². The molecule has 0 bridgehead atoms. The number of hydrogen-bond donors (Lipinski definition) is 0. The summed E-state index contributed by atoms with van der Waals surface area (Å²) in [4.78, 5) is 0. The normalized spacial score (nSPS) is 3.00. The van der Waals surface area contributed by atoms with E-state index in [9.17, 15) is 0 Å². The number of hydrogen-bond acceptors (Lipinski definition) is 0. The van der Waals surface area contributed by atoms with E-state index in [2.05, 4.69) is 29.6 Å². The summed E-state index contributed by atoms with van der Waals surface area (Å²) >= 11 is 3.50. The van der Waals surface area contributed by atoms with Crippen LogP contribution in [0.1, 0.15) is 0 Å². The van der Waals surface area contributed by atoms with E-state index in [0.29, 0.717) is 0 Å². The summed E-state index contributed by atoms with van der Waals surface area (Å²) in [5.41, 5.74) is 2.29. The molecule has 0 spiro atoms. The van der Waals surface area contributed by atoms with Gasteiger partial charge in [0.25, 0.3) is 0 Å².